The van der Waals surface area contributed by atoms with Crippen LogP contribution in [-0.4, -0.2) is 35.0 Å². The number of carboxylic acids is 1. The van der Waals surface area contributed by atoms with Gasteiger partial charge in [-0.15, -0.1) is 0 Å². The highest BCUT2D eigenvalue weighted by atomic mass is 16.4. The second-order valence-corrected chi connectivity index (χ2v) is 6.79. The lowest BCUT2D eigenvalue weighted by Gasteiger charge is -2.25. The van der Waals surface area contributed by atoms with Gasteiger partial charge in [-0.25, -0.2) is 0 Å². The molecule has 3 rings (SSSR count). The minimum absolute atomic E-state index is 0.149. The predicted octanol–water partition coefficient (Wildman–Crippen LogP) is 2.33. The molecule has 2 aliphatic rings. The highest BCUT2D eigenvalue weighted by Gasteiger charge is 2.54. The van der Waals surface area contributed by atoms with Crippen molar-refractivity contribution in [2.75, 3.05) is 13.1 Å². The number of hydrogen-bond acceptors (Lipinski definition) is 2. The fourth-order valence-corrected chi connectivity index (χ4v) is 3.25. The third-order valence-corrected chi connectivity index (χ3v) is 4.97. The minimum Gasteiger partial charge on any atom is -0.481 e. The van der Waals surface area contributed by atoms with Crippen molar-refractivity contribution in [2.45, 2.75) is 32.6 Å². The molecule has 0 spiro atoms. The van der Waals surface area contributed by atoms with E-state index in [1.807, 2.05) is 18.2 Å². The van der Waals surface area contributed by atoms with E-state index < -0.39 is 11.4 Å². The Balaban J connectivity index is 1.70. The predicted molar refractivity (Wildman–Crippen MR) is 78.8 cm³/mol. The maximum atomic E-state index is 12.8. The maximum Gasteiger partial charge on any atom is 0.311 e. The van der Waals surface area contributed by atoms with E-state index in [1.54, 1.807) is 11.8 Å². The average Bonchev–Trinajstić information content (AvgIpc) is 3.13. The third kappa shape index (κ3) is 2.55. The molecule has 1 aromatic carbocycles. The van der Waals surface area contributed by atoms with Crippen LogP contribution in [0.2, 0.25) is 0 Å². The van der Waals surface area contributed by atoms with Gasteiger partial charge in [0.15, 0.2) is 0 Å². The van der Waals surface area contributed by atoms with Crippen molar-refractivity contribution in [1.82, 2.24) is 4.90 Å². The lowest BCUT2D eigenvalue weighted by atomic mass is 9.90. The van der Waals surface area contributed by atoms with Gasteiger partial charge in [-0.1, -0.05) is 30.3 Å². The van der Waals surface area contributed by atoms with Crippen molar-refractivity contribution in [3.8, 4) is 0 Å². The summed E-state index contributed by atoms with van der Waals surface area (Å²) in [6.07, 6.45) is 3.16. The summed E-state index contributed by atoms with van der Waals surface area (Å²) < 4.78 is 0. The second kappa shape index (κ2) is 4.86. The molecule has 1 N–H and O–H groups in total. The molecule has 0 unspecified atom stereocenters. The summed E-state index contributed by atoms with van der Waals surface area (Å²) in [4.78, 5) is 25.9. The molecule has 0 radical (unpaired) electrons. The van der Waals surface area contributed by atoms with Gasteiger partial charge in [-0.2, -0.15) is 0 Å². The van der Waals surface area contributed by atoms with E-state index in [0.29, 0.717) is 19.5 Å². The Morgan fingerprint density at radius 1 is 1.19 bits per heavy atom. The first-order valence-electron chi connectivity index (χ1n) is 7.52. The molecular weight excluding hydrogens is 266 g/mol. The summed E-state index contributed by atoms with van der Waals surface area (Å²) in [5, 5.41) is 9.29. The van der Waals surface area contributed by atoms with Crippen LogP contribution in [0, 0.1) is 10.8 Å². The molecule has 1 saturated carbocycles. The quantitative estimate of drug-likeness (QED) is 0.924. The third-order valence-electron chi connectivity index (χ3n) is 4.97. The van der Waals surface area contributed by atoms with Crippen molar-refractivity contribution in [2.24, 2.45) is 10.8 Å². The molecule has 2 fully saturated rings. The van der Waals surface area contributed by atoms with Crippen LogP contribution in [0.5, 0.6) is 0 Å². The molecule has 0 aromatic heterocycles. The first kappa shape index (κ1) is 14.1. The van der Waals surface area contributed by atoms with Gasteiger partial charge >= 0.3 is 5.97 Å². The second-order valence-electron chi connectivity index (χ2n) is 6.79. The van der Waals surface area contributed by atoms with Crippen molar-refractivity contribution in [1.29, 1.82) is 0 Å². The topological polar surface area (TPSA) is 57.6 Å². The first-order chi connectivity index (χ1) is 9.95. The zero-order valence-electron chi connectivity index (χ0n) is 12.3. The zero-order chi connectivity index (χ0) is 15.1. The van der Waals surface area contributed by atoms with Gasteiger partial charge < -0.3 is 10.0 Å². The largest absolute Gasteiger partial charge is 0.481 e. The van der Waals surface area contributed by atoms with E-state index >= 15 is 0 Å². The van der Waals surface area contributed by atoms with Gasteiger partial charge in [0.1, 0.15) is 0 Å². The van der Waals surface area contributed by atoms with Crippen LogP contribution in [-0.2, 0) is 16.0 Å². The van der Waals surface area contributed by atoms with Crippen LogP contribution in [0.3, 0.4) is 0 Å². The summed E-state index contributed by atoms with van der Waals surface area (Å²) in [5.74, 6) is -0.651. The van der Waals surface area contributed by atoms with E-state index in [2.05, 4.69) is 12.1 Å². The number of hydrogen-bond donors (Lipinski definition) is 1. The highest BCUT2D eigenvalue weighted by Crippen LogP contribution is 2.51. The molecule has 0 bridgehead atoms. The number of carboxylic acid groups (broad SMARTS) is 1. The van der Waals surface area contributed by atoms with E-state index in [4.69, 9.17) is 0 Å². The van der Waals surface area contributed by atoms with Gasteiger partial charge in [0.2, 0.25) is 5.91 Å². The maximum absolute atomic E-state index is 12.8. The zero-order valence-corrected chi connectivity index (χ0v) is 12.3. The van der Waals surface area contributed by atoms with Gasteiger partial charge in [0.25, 0.3) is 0 Å². The number of benzene rings is 1. The van der Waals surface area contributed by atoms with E-state index in [1.165, 1.54) is 5.56 Å². The van der Waals surface area contributed by atoms with Crippen LogP contribution in [0.1, 0.15) is 31.7 Å². The van der Waals surface area contributed by atoms with Crippen molar-refractivity contribution >= 4 is 11.9 Å². The van der Waals surface area contributed by atoms with E-state index in [0.717, 1.165) is 19.3 Å². The normalized spacial score (nSPS) is 26.6. The number of likely N-dealkylation sites (tertiary alicyclic amines) is 1. The number of carbonyl (C=O) groups excluding carboxylic acids is 1. The first-order valence-corrected chi connectivity index (χ1v) is 7.52. The average molecular weight is 287 g/mol. The number of nitrogens with zero attached hydrogens (tertiary/aromatic N) is 1. The Morgan fingerprint density at radius 2 is 1.86 bits per heavy atom. The summed E-state index contributed by atoms with van der Waals surface area (Å²) >= 11 is 0. The van der Waals surface area contributed by atoms with Gasteiger partial charge in [0.05, 0.1) is 10.8 Å². The minimum atomic E-state index is -0.800. The lowest BCUT2D eigenvalue weighted by molar-refractivity contribution is -0.147. The molecule has 4 nitrogen and oxygen atoms in total. The van der Waals surface area contributed by atoms with Crippen molar-refractivity contribution < 1.29 is 14.7 Å². The molecular formula is C17H21NO3. The van der Waals surface area contributed by atoms with Gasteiger partial charge in [-0.05, 0) is 38.2 Å². The molecule has 4 heteroatoms. The Kier molecular flexibility index (Phi) is 3.27. The van der Waals surface area contributed by atoms with Crippen LogP contribution in [0.4, 0.5) is 0 Å². The van der Waals surface area contributed by atoms with Crippen LogP contribution < -0.4 is 0 Å². The van der Waals surface area contributed by atoms with Gasteiger partial charge in [-0.3, -0.25) is 9.59 Å². The molecule has 1 aromatic rings. The highest BCUT2D eigenvalue weighted by molar-refractivity contribution is 5.87. The number of carbonyl (C=O) groups is 2. The number of aliphatic carboxylic acids is 1. The molecule has 21 heavy (non-hydrogen) atoms. The SMILES string of the molecule is C[C@]1(C(=O)O)CCN(C(=O)C2(Cc3ccccc3)CC2)C1. The van der Waals surface area contributed by atoms with Gasteiger partial charge in [0, 0.05) is 13.1 Å². The number of rotatable bonds is 4. The van der Waals surface area contributed by atoms with Crippen molar-refractivity contribution in [3.05, 3.63) is 35.9 Å². The number of amides is 1. The summed E-state index contributed by atoms with van der Waals surface area (Å²) in [6.45, 7) is 2.65. The standard InChI is InChI=1S/C17H21NO3/c1-16(15(20)21)9-10-18(12-16)14(19)17(7-8-17)11-13-5-3-2-4-6-13/h2-6H,7-12H2,1H3,(H,20,21)/t16-/m0/s1. The van der Waals surface area contributed by atoms with E-state index in [-0.39, 0.29) is 11.3 Å². The van der Waals surface area contributed by atoms with Crippen LogP contribution >= 0.6 is 0 Å². The molecule has 1 atom stereocenters. The molecule has 1 aliphatic carbocycles. The lowest BCUT2D eigenvalue weighted by Crippen LogP contribution is -2.39. The summed E-state index contributed by atoms with van der Waals surface area (Å²) in [5.41, 5.74) is 0.132. The Hall–Kier alpha value is -1.84. The Morgan fingerprint density at radius 3 is 2.38 bits per heavy atom. The fraction of sp³-hybridized carbons (Fsp3) is 0.529. The molecule has 1 amide bonds. The molecule has 112 valence electrons. The van der Waals surface area contributed by atoms with Crippen LogP contribution in [0.25, 0.3) is 0 Å². The Labute approximate surface area is 124 Å². The molecule has 1 aliphatic heterocycles. The van der Waals surface area contributed by atoms with Crippen molar-refractivity contribution in [3.63, 3.8) is 0 Å². The molecule has 1 heterocycles. The van der Waals surface area contributed by atoms with E-state index in [9.17, 15) is 14.7 Å². The fourth-order valence-electron chi connectivity index (χ4n) is 3.25. The smallest absolute Gasteiger partial charge is 0.311 e. The Bertz CT molecular complexity index is 565. The monoisotopic (exact) mass is 287 g/mol. The molecule has 1 saturated heterocycles. The summed E-state index contributed by atoms with van der Waals surface area (Å²) in [6, 6.07) is 10.1. The van der Waals surface area contributed by atoms with Crippen LogP contribution in [0.15, 0.2) is 30.3 Å². The summed E-state index contributed by atoms with van der Waals surface area (Å²) in [7, 11) is 0.